The first kappa shape index (κ1) is 22.5. The number of nitrogens with one attached hydrogen (secondary N) is 1. The van der Waals surface area contributed by atoms with Crippen molar-refractivity contribution >= 4 is 34.8 Å². The monoisotopic (exact) mass is 456 g/mol. The number of ether oxygens (including phenoxy) is 2. The molecule has 158 valence electrons. The molecule has 1 fully saturated rings. The molecule has 2 aromatic rings. The van der Waals surface area contributed by atoms with Crippen LogP contribution in [0.25, 0.3) is 0 Å². The average molecular weight is 458 g/mol. The Hall–Kier alpha value is -1.17. The fourth-order valence-corrected chi connectivity index (χ4v) is 4.38. The second-order valence-corrected chi connectivity index (χ2v) is 8.43. The van der Waals surface area contributed by atoms with E-state index in [0.717, 1.165) is 24.2 Å². The molecule has 29 heavy (non-hydrogen) atoms. The molecule has 3 rings (SSSR count). The third-order valence-electron chi connectivity index (χ3n) is 5.33. The zero-order valence-electron chi connectivity index (χ0n) is 16.8. The van der Waals surface area contributed by atoms with Crippen LogP contribution in [0.15, 0.2) is 30.3 Å². The molecule has 1 N–H and O–H groups in total. The van der Waals surface area contributed by atoms with Crippen molar-refractivity contribution in [1.29, 1.82) is 0 Å². The number of likely N-dealkylation sites (tertiary alicyclic amines) is 1. The van der Waals surface area contributed by atoms with Crippen molar-refractivity contribution in [3.8, 4) is 11.5 Å². The van der Waals surface area contributed by atoms with Crippen LogP contribution >= 0.6 is 34.8 Å². The van der Waals surface area contributed by atoms with Gasteiger partial charge < -0.3 is 14.8 Å². The molecule has 0 aliphatic carbocycles. The Morgan fingerprint density at radius 3 is 2.59 bits per heavy atom. The van der Waals surface area contributed by atoms with Crippen LogP contribution in [-0.4, -0.2) is 37.7 Å². The Morgan fingerprint density at radius 1 is 1.07 bits per heavy atom. The SMILES string of the molecule is CCN1CCCC1CNCc1cc(OC)c(OCc2ccc(Cl)cc2Cl)cc1Cl. The molecule has 7 heteroatoms. The van der Waals surface area contributed by atoms with E-state index in [2.05, 4.69) is 17.1 Å². The number of methoxy groups -OCH3 is 1. The number of rotatable bonds is 9. The van der Waals surface area contributed by atoms with Crippen molar-refractivity contribution in [2.75, 3.05) is 26.7 Å². The van der Waals surface area contributed by atoms with Gasteiger partial charge in [-0.3, -0.25) is 4.90 Å². The maximum Gasteiger partial charge on any atom is 0.163 e. The molecule has 1 atom stereocenters. The summed E-state index contributed by atoms with van der Waals surface area (Å²) >= 11 is 18.7. The van der Waals surface area contributed by atoms with Crippen molar-refractivity contribution < 1.29 is 9.47 Å². The van der Waals surface area contributed by atoms with Gasteiger partial charge in [0.15, 0.2) is 11.5 Å². The van der Waals surface area contributed by atoms with Gasteiger partial charge in [-0.1, -0.05) is 47.8 Å². The summed E-state index contributed by atoms with van der Waals surface area (Å²) in [5.41, 5.74) is 1.83. The van der Waals surface area contributed by atoms with Crippen LogP contribution in [0, 0.1) is 0 Å². The van der Waals surface area contributed by atoms with Crippen LogP contribution in [-0.2, 0) is 13.2 Å². The molecule has 1 heterocycles. The lowest BCUT2D eigenvalue weighted by Crippen LogP contribution is -2.37. The zero-order chi connectivity index (χ0) is 20.8. The van der Waals surface area contributed by atoms with Gasteiger partial charge in [0.05, 0.1) is 7.11 Å². The summed E-state index contributed by atoms with van der Waals surface area (Å²) in [5.74, 6) is 1.23. The Labute approximate surface area is 188 Å². The number of hydrogen-bond donors (Lipinski definition) is 1. The standard InChI is InChI=1S/C22H27Cl3N2O2/c1-3-27-8-4-5-18(27)13-26-12-16-9-21(28-2)22(11-20(16)25)29-14-15-6-7-17(23)10-19(15)24/h6-7,9-11,18,26H,3-5,8,12-14H2,1-2H3. The van der Waals surface area contributed by atoms with Gasteiger partial charge in [-0.2, -0.15) is 0 Å². The Bertz CT molecular complexity index is 832. The van der Waals surface area contributed by atoms with Crippen LogP contribution in [0.1, 0.15) is 30.9 Å². The van der Waals surface area contributed by atoms with E-state index in [1.165, 1.54) is 19.4 Å². The van der Waals surface area contributed by atoms with Crippen molar-refractivity contribution in [3.63, 3.8) is 0 Å². The van der Waals surface area contributed by atoms with Crippen LogP contribution in [0.2, 0.25) is 15.1 Å². The van der Waals surface area contributed by atoms with Gasteiger partial charge >= 0.3 is 0 Å². The molecule has 4 nitrogen and oxygen atoms in total. The fourth-order valence-electron chi connectivity index (χ4n) is 3.70. The van der Waals surface area contributed by atoms with Crippen molar-refractivity contribution in [1.82, 2.24) is 10.2 Å². The Balaban J connectivity index is 1.62. The van der Waals surface area contributed by atoms with Crippen LogP contribution in [0.5, 0.6) is 11.5 Å². The molecule has 2 aromatic carbocycles. The molecule has 0 amide bonds. The molecule has 1 aliphatic heterocycles. The zero-order valence-corrected chi connectivity index (χ0v) is 19.1. The van der Waals surface area contributed by atoms with Gasteiger partial charge in [-0.05, 0) is 49.7 Å². The predicted octanol–water partition coefficient (Wildman–Crippen LogP) is 5.81. The predicted molar refractivity (Wildman–Crippen MR) is 121 cm³/mol. The smallest absolute Gasteiger partial charge is 0.163 e. The molecular formula is C22H27Cl3N2O2. The minimum absolute atomic E-state index is 0.300. The molecular weight excluding hydrogens is 431 g/mol. The summed E-state index contributed by atoms with van der Waals surface area (Å²) in [5, 5.41) is 5.34. The lowest BCUT2D eigenvalue weighted by molar-refractivity contribution is 0.260. The lowest BCUT2D eigenvalue weighted by Gasteiger charge is -2.23. The number of nitrogens with zero attached hydrogens (tertiary/aromatic N) is 1. The van der Waals surface area contributed by atoms with E-state index < -0.39 is 0 Å². The van der Waals surface area contributed by atoms with Gasteiger partial charge in [0.1, 0.15) is 6.61 Å². The molecule has 0 aromatic heterocycles. The van der Waals surface area contributed by atoms with E-state index >= 15 is 0 Å². The maximum atomic E-state index is 6.51. The van der Waals surface area contributed by atoms with Crippen LogP contribution in [0.4, 0.5) is 0 Å². The largest absolute Gasteiger partial charge is 0.493 e. The Kier molecular flexibility index (Phi) is 8.34. The highest BCUT2D eigenvalue weighted by Gasteiger charge is 2.22. The number of halogens is 3. The van der Waals surface area contributed by atoms with E-state index in [0.29, 0.717) is 45.8 Å². The highest BCUT2D eigenvalue weighted by molar-refractivity contribution is 6.35. The molecule has 0 spiro atoms. The summed E-state index contributed by atoms with van der Waals surface area (Å²) in [6.45, 7) is 6.46. The van der Waals surface area contributed by atoms with E-state index in [-0.39, 0.29) is 0 Å². The van der Waals surface area contributed by atoms with Crippen LogP contribution < -0.4 is 14.8 Å². The van der Waals surface area contributed by atoms with E-state index in [1.807, 2.05) is 12.1 Å². The molecule has 0 radical (unpaired) electrons. The highest BCUT2D eigenvalue weighted by atomic mass is 35.5. The van der Waals surface area contributed by atoms with Gasteiger partial charge in [-0.15, -0.1) is 0 Å². The topological polar surface area (TPSA) is 33.7 Å². The first-order valence-corrected chi connectivity index (χ1v) is 11.0. The van der Waals surface area contributed by atoms with Crippen molar-refractivity contribution in [3.05, 3.63) is 56.5 Å². The summed E-state index contributed by atoms with van der Waals surface area (Å²) in [6, 6.07) is 9.67. The van der Waals surface area contributed by atoms with Crippen molar-refractivity contribution in [2.24, 2.45) is 0 Å². The first-order valence-electron chi connectivity index (χ1n) is 9.89. The van der Waals surface area contributed by atoms with Gasteiger partial charge in [0, 0.05) is 45.8 Å². The second kappa shape index (κ2) is 10.7. The third-order valence-corrected chi connectivity index (χ3v) is 6.27. The minimum Gasteiger partial charge on any atom is -0.493 e. The molecule has 1 unspecified atom stereocenters. The lowest BCUT2D eigenvalue weighted by atomic mass is 10.1. The summed E-state index contributed by atoms with van der Waals surface area (Å²) in [6.07, 6.45) is 2.52. The number of benzene rings is 2. The van der Waals surface area contributed by atoms with Crippen LogP contribution in [0.3, 0.4) is 0 Å². The number of likely N-dealkylation sites (N-methyl/N-ethyl adjacent to an activating group) is 1. The van der Waals surface area contributed by atoms with E-state index in [1.54, 1.807) is 25.3 Å². The summed E-state index contributed by atoms with van der Waals surface area (Å²) < 4.78 is 11.4. The van der Waals surface area contributed by atoms with E-state index in [4.69, 9.17) is 44.3 Å². The minimum atomic E-state index is 0.300. The van der Waals surface area contributed by atoms with E-state index in [9.17, 15) is 0 Å². The van der Waals surface area contributed by atoms with Gasteiger partial charge in [0.2, 0.25) is 0 Å². The molecule has 0 bridgehead atoms. The summed E-state index contributed by atoms with van der Waals surface area (Å²) in [7, 11) is 1.63. The molecule has 0 saturated carbocycles. The maximum absolute atomic E-state index is 6.51. The highest BCUT2D eigenvalue weighted by Crippen LogP contribution is 2.34. The third kappa shape index (κ3) is 5.93. The molecule has 1 aliphatic rings. The molecule has 1 saturated heterocycles. The summed E-state index contributed by atoms with van der Waals surface area (Å²) in [4.78, 5) is 2.52. The fraction of sp³-hybridized carbons (Fsp3) is 0.455. The quantitative estimate of drug-likeness (QED) is 0.515. The number of hydrogen-bond acceptors (Lipinski definition) is 4. The normalized spacial score (nSPS) is 16.9. The van der Waals surface area contributed by atoms with Crippen molar-refractivity contribution in [2.45, 2.75) is 39.0 Å². The second-order valence-electron chi connectivity index (χ2n) is 7.17. The Morgan fingerprint density at radius 2 is 1.86 bits per heavy atom. The first-order chi connectivity index (χ1) is 14.0. The van der Waals surface area contributed by atoms with Gasteiger partial charge in [-0.25, -0.2) is 0 Å². The van der Waals surface area contributed by atoms with Gasteiger partial charge in [0.25, 0.3) is 0 Å². The average Bonchev–Trinajstić information content (AvgIpc) is 3.16.